The van der Waals surface area contributed by atoms with Crippen LogP contribution in [0, 0.1) is 5.92 Å². The Morgan fingerprint density at radius 2 is 1.50 bits per heavy atom. The Morgan fingerprint density at radius 1 is 1.05 bits per heavy atom. The number of hydrogen-bond donors (Lipinski definition) is 1. The fraction of sp³-hybridized carbons (Fsp3) is 0.300. The summed E-state index contributed by atoms with van der Waals surface area (Å²) < 4.78 is 0. The van der Waals surface area contributed by atoms with Crippen molar-refractivity contribution in [1.82, 2.24) is 4.90 Å². The highest BCUT2D eigenvalue weighted by Crippen LogP contribution is 2.37. The van der Waals surface area contributed by atoms with Gasteiger partial charge in [-0.2, -0.15) is 0 Å². The summed E-state index contributed by atoms with van der Waals surface area (Å²) >= 11 is 0. The zero-order valence-electron chi connectivity index (χ0n) is 13.4. The molecule has 0 amide bonds. The largest absolute Gasteiger partial charge is 0.380 e. The molecular weight excluding hydrogens is 270 g/mol. The van der Waals surface area contributed by atoms with Crippen LogP contribution in [-0.2, 0) is 5.60 Å². The van der Waals surface area contributed by atoms with Gasteiger partial charge in [-0.05, 0) is 18.2 Å². The fourth-order valence-corrected chi connectivity index (χ4v) is 3.01. The van der Waals surface area contributed by atoms with Gasteiger partial charge in [-0.3, -0.25) is 0 Å². The molecule has 0 aliphatic heterocycles. The van der Waals surface area contributed by atoms with Crippen molar-refractivity contribution < 1.29 is 5.11 Å². The molecule has 0 radical (unpaired) electrons. The second kappa shape index (κ2) is 7.39. The van der Waals surface area contributed by atoms with Gasteiger partial charge in [0, 0.05) is 19.0 Å². The summed E-state index contributed by atoms with van der Waals surface area (Å²) in [6.45, 7) is 7.47. The van der Waals surface area contributed by atoms with Crippen LogP contribution in [0.3, 0.4) is 0 Å². The molecule has 0 saturated carbocycles. The quantitative estimate of drug-likeness (QED) is 0.788. The third kappa shape index (κ3) is 3.46. The standard InChI is InChI=1S/C20H25NO/c1-4-15-21(3)16-17(2)20(22,18-11-7-5-8-12-18)19-13-9-6-10-14-19/h4-14,17,22H,1,15-16H2,2-3H3. The van der Waals surface area contributed by atoms with Crippen LogP contribution in [0.2, 0.25) is 0 Å². The van der Waals surface area contributed by atoms with Gasteiger partial charge in [0.25, 0.3) is 0 Å². The van der Waals surface area contributed by atoms with Gasteiger partial charge in [0.2, 0.25) is 0 Å². The number of nitrogens with zero attached hydrogens (tertiary/aromatic N) is 1. The van der Waals surface area contributed by atoms with E-state index in [2.05, 4.69) is 25.5 Å². The molecule has 0 spiro atoms. The first kappa shape index (κ1) is 16.5. The highest BCUT2D eigenvalue weighted by Gasteiger charge is 2.37. The lowest BCUT2D eigenvalue weighted by atomic mass is 9.76. The van der Waals surface area contributed by atoms with Gasteiger partial charge >= 0.3 is 0 Å². The number of likely N-dealkylation sites (N-methyl/N-ethyl adjacent to an activating group) is 1. The minimum Gasteiger partial charge on any atom is -0.380 e. The van der Waals surface area contributed by atoms with E-state index in [1.165, 1.54) is 0 Å². The summed E-state index contributed by atoms with van der Waals surface area (Å²) in [7, 11) is 2.05. The molecule has 2 aromatic rings. The van der Waals surface area contributed by atoms with Crippen molar-refractivity contribution in [2.45, 2.75) is 12.5 Å². The van der Waals surface area contributed by atoms with Crippen LogP contribution in [0.25, 0.3) is 0 Å². The normalized spacial score (nSPS) is 13.1. The maximum atomic E-state index is 11.6. The Morgan fingerprint density at radius 3 is 1.91 bits per heavy atom. The van der Waals surface area contributed by atoms with Crippen molar-refractivity contribution in [2.24, 2.45) is 5.92 Å². The Hall–Kier alpha value is -1.90. The molecule has 0 saturated heterocycles. The summed E-state index contributed by atoms with van der Waals surface area (Å²) in [5.74, 6) is 0.0437. The predicted molar refractivity (Wildman–Crippen MR) is 92.7 cm³/mol. The highest BCUT2D eigenvalue weighted by molar-refractivity contribution is 5.36. The SMILES string of the molecule is C=CCN(C)CC(C)C(O)(c1ccccc1)c1ccccc1. The molecule has 22 heavy (non-hydrogen) atoms. The summed E-state index contributed by atoms with van der Waals surface area (Å²) in [6, 6.07) is 19.8. The Bertz CT molecular complexity index is 540. The fourth-order valence-electron chi connectivity index (χ4n) is 3.01. The first-order chi connectivity index (χ1) is 10.6. The van der Waals surface area contributed by atoms with E-state index in [-0.39, 0.29) is 5.92 Å². The minimum absolute atomic E-state index is 0.0437. The molecular formula is C20H25NO. The molecule has 1 atom stereocenters. The lowest BCUT2D eigenvalue weighted by Crippen LogP contribution is -2.41. The monoisotopic (exact) mass is 295 g/mol. The summed E-state index contributed by atoms with van der Waals surface area (Å²) in [4.78, 5) is 2.18. The average Bonchev–Trinajstić information content (AvgIpc) is 2.55. The summed E-state index contributed by atoms with van der Waals surface area (Å²) in [5, 5.41) is 11.6. The van der Waals surface area contributed by atoms with Gasteiger partial charge in [0.05, 0.1) is 0 Å². The third-order valence-corrected chi connectivity index (χ3v) is 4.17. The van der Waals surface area contributed by atoms with E-state index in [1.807, 2.05) is 66.7 Å². The third-order valence-electron chi connectivity index (χ3n) is 4.17. The van der Waals surface area contributed by atoms with Crippen molar-refractivity contribution in [3.05, 3.63) is 84.4 Å². The van der Waals surface area contributed by atoms with Crippen molar-refractivity contribution in [3.8, 4) is 0 Å². The van der Waals surface area contributed by atoms with E-state index in [4.69, 9.17) is 0 Å². The first-order valence-electron chi connectivity index (χ1n) is 7.72. The van der Waals surface area contributed by atoms with Gasteiger partial charge in [-0.15, -0.1) is 6.58 Å². The van der Waals surface area contributed by atoms with Gasteiger partial charge in [-0.1, -0.05) is 73.7 Å². The number of benzene rings is 2. The maximum absolute atomic E-state index is 11.6. The predicted octanol–water partition coefficient (Wildman–Crippen LogP) is 3.68. The molecule has 0 aromatic heterocycles. The molecule has 0 aliphatic carbocycles. The van der Waals surface area contributed by atoms with Crippen molar-refractivity contribution >= 4 is 0 Å². The van der Waals surface area contributed by atoms with E-state index < -0.39 is 5.60 Å². The Kier molecular flexibility index (Phi) is 5.53. The van der Waals surface area contributed by atoms with Crippen LogP contribution in [0.4, 0.5) is 0 Å². The van der Waals surface area contributed by atoms with E-state index in [9.17, 15) is 5.11 Å². The Labute approximate surface area is 133 Å². The molecule has 2 rings (SSSR count). The second-order valence-corrected chi connectivity index (χ2v) is 5.91. The summed E-state index contributed by atoms with van der Waals surface area (Å²) in [5.41, 5.74) is 0.860. The molecule has 1 N–H and O–H groups in total. The van der Waals surface area contributed by atoms with Gasteiger partial charge in [0.15, 0.2) is 0 Å². The van der Waals surface area contributed by atoms with Crippen LogP contribution in [0.5, 0.6) is 0 Å². The van der Waals surface area contributed by atoms with Crippen molar-refractivity contribution in [1.29, 1.82) is 0 Å². The van der Waals surface area contributed by atoms with Crippen molar-refractivity contribution in [2.75, 3.05) is 20.1 Å². The average molecular weight is 295 g/mol. The molecule has 0 aliphatic rings. The van der Waals surface area contributed by atoms with Crippen LogP contribution < -0.4 is 0 Å². The van der Waals surface area contributed by atoms with Crippen LogP contribution in [-0.4, -0.2) is 30.1 Å². The molecule has 116 valence electrons. The van der Waals surface area contributed by atoms with E-state index >= 15 is 0 Å². The zero-order valence-corrected chi connectivity index (χ0v) is 13.4. The smallest absolute Gasteiger partial charge is 0.118 e. The molecule has 0 bridgehead atoms. The van der Waals surface area contributed by atoms with Gasteiger partial charge in [0.1, 0.15) is 5.60 Å². The number of rotatable bonds is 7. The van der Waals surface area contributed by atoms with Crippen LogP contribution in [0.15, 0.2) is 73.3 Å². The van der Waals surface area contributed by atoms with Gasteiger partial charge < -0.3 is 10.0 Å². The lowest BCUT2D eigenvalue weighted by Gasteiger charge is -2.37. The van der Waals surface area contributed by atoms with Crippen molar-refractivity contribution in [3.63, 3.8) is 0 Å². The topological polar surface area (TPSA) is 23.5 Å². The molecule has 2 nitrogen and oxygen atoms in total. The molecule has 2 heteroatoms. The summed E-state index contributed by atoms with van der Waals surface area (Å²) in [6.07, 6.45) is 1.89. The molecule has 0 heterocycles. The van der Waals surface area contributed by atoms with Crippen LogP contribution in [0.1, 0.15) is 18.1 Å². The molecule has 0 fully saturated rings. The van der Waals surface area contributed by atoms with Gasteiger partial charge in [-0.25, -0.2) is 0 Å². The lowest BCUT2D eigenvalue weighted by molar-refractivity contribution is 0.0119. The number of hydrogen-bond acceptors (Lipinski definition) is 2. The molecule has 2 aromatic carbocycles. The highest BCUT2D eigenvalue weighted by atomic mass is 16.3. The maximum Gasteiger partial charge on any atom is 0.118 e. The van der Waals surface area contributed by atoms with E-state index in [0.717, 1.165) is 24.2 Å². The van der Waals surface area contributed by atoms with Crippen LogP contribution >= 0.6 is 0 Å². The first-order valence-corrected chi connectivity index (χ1v) is 7.72. The Balaban J connectivity index is 2.40. The molecule has 1 unspecified atom stereocenters. The zero-order chi connectivity index (χ0) is 16.0. The second-order valence-electron chi connectivity index (χ2n) is 5.91. The van der Waals surface area contributed by atoms with E-state index in [0.29, 0.717) is 0 Å². The van der Waals surface area contributed by atoms with E-state index in [1.54, 1.807) is 0 Å². The number of aliphatic hydroxyl groups is 1. The minimum atomic E-state index is -1.00.